The van der Waals surface area contributed by atoms with Crippen LogP contribution in [0.2, 0.25) is 0 Å². The van der Waals surface area contributed by atoms with Crippen molar-refractivity contribution in [1.82, 2.24) is 24.0 Å². The Hall–Kier alpha value is -4.48. The van der Waals surface area contributed by atoms with Gasteiger partial charge in [0.05, 0.1) is 6.61 Å². The summed E-state index contributed by atoms with van der Waals surface area (Å²) in [7, 11) is 3.82. The van der Waals surface area contributed by atoms with Crippen molar-refractivity contribution in [3.05, 3.63) is 81.7 Å². The minimum Gasteiger partial charge on any atom is -0.392 e. The van der Waals surface area contributed by atoms with Gasteiger partial charge in [-0.2, -0.15) is 0 Å². The number of aliphatic hydroxyl groups is 1. The van der Waals surface area contributed by atoms with Gasteiger partial charge in [0, 0.05) is 75.5 Å². The van der Waals surface area contributed by atoms with Crippen LogP contribution in [-0.4, -0.2) is 74.8 Å². The summed E-state index contributed by atoms with van der Waals surface area (Å²) in [5, 5.41) is 13.9. The molecule has 1 aliphatic carbocycles. The van der Waals surface area contributed by atoms with Crippen LogP contribution in [0.1, 0.15) is 40.2 Å². The van der Waals surface area contributed by atoms with Crippen LogP contribution in [0.4, 0.5) is 23.1 Å². The quantitative estimate of drug-likeness (QED) is 0.350. The molecule has 0 aromatic carbocycles. The second-order valence-corrected chi connectivity index (χ2v) is 12.0. The molecule has 11 heteroatoms. The van der Waals surface area contributed by atoms with Gasteiger partial charge in [-0.1, -0.05) is 6.07 Å². The van der Waals surface area contributed by atoms with E-state index in [-0.39, 0.29) is 18.1 Å². The van der Waals surface area contributed by atoms with Gasteiger partial charge in [0.1, 0.15) is 28.8 Å². The van der Waals surface area contributed by atoms with Gasteiger partial charge >= 0.3 is 0 Å². The highest BCUT2D eigenvalue weighted by molar-refractivity contribution is 6.06. The maximum atomic E-state index is 13.8. The van der Waals surface area contributed by atoms with Crippen LogP contribution >= 0.6 is 0 Å². The number of carbonyl (C=O) groups excluding carboxylic acids is 1. The lowest BCUT2D eigenvalue weighted by Crippen LogP contribution is -2.44. The van der Waals surface area contributed by atoms with Crippen molar-refractivity contribution in [3.63, 3.8) is 0 Å². The van der Waals surface area contributed by atoms with E-state index < -0.39 is 0 Å². The molecule has 1 amide bonds. The van der Waals surface area contributed by atoms with E-state index in [4.69, 9.17) is 4.98 Å². The summed E-state index contributed by atoms with van der Waals surface area (Å²) < 4.78 is 3.69. The highest BCUT2D eigenvalue weighted by atomic mass is 16.3. The van der Waals surface area contributed by atoms with E-state index in [1.807, 2.05) is 30.3 Å². The highest BCUT2D eigenvalue weighted by Crippen LogP contribution is 2.34. The third kappa shape index (κ3) is 5.05. The number of fused-ring (bicyclic) bond motifs is 3. The highest BCUT2D eigenvalue weighted by Gasteiger charge is 2.32. The SMILES string of the molecule is CN1CCN(c2cccc(Nc3cc(-c4ccnc(N5CCn6c(cc7c6CCCC7)C5=O)c4CO)cn(C)c3=O)n2)CC1. The van der Waals surface area contributed by atoms with Gasteiger partial charge in [0.15, 0.2) is 0 Å². The van der Waals surface area contributed by atoms with Crippen LogP contribution in [0, 0.1) is 0 Å². The molecular weight excluding hydrogens is 556 g/mol. The molecule has 1 fully saturated rings. The second-order valence-electron chi connectivity index (χ2n) is 12.0. The lowest BCUT2D eigenvalue weighted by molar-refractivity contribution is 0.0963. The van der Waals surface area contributed by atoms with Gasteiger partial charge in [-0.15, -0.1) is 0 Å². The molecule has 0 spiro atoms. The lowest BCUT2D eigenvalue weighted by Gasteiger charge is -2.33. The summed E-state index contributed by atoms with van der Waals surface area (Å²) in [6.07, 6.45) is 7.74. The van der Waals surface area contributed by atoms with Crippen molar-refractivity contribution >= 4 is 29.0 Å². The van der Waals surface area contributed by atoms with Crippen molar-refractivity contribution in [1.29, 1.82) is 0 Å². The molecule has 0 unspecified atom stereocenters. The number of amides is 1. The third-order valence-corrected chi connectivity index (χ3v) is 9.18. The molecule has 3 aliphatic rings. The first-order chi connectivity index (χ1) is 21.4. The van der Waals surface area contributed by atoms with Gasteiger partial charge in [-0.3, -0.25) is 14.5 Å². The van der Waals surface area contributed by atoms with Gasteiger partial charge in [0.25, 0.3) is 11.5 Å². The average molecular weight is 595 g/mol. The molecule has 0 radical (unpaired) electrons. The summed E-state index contributed by atoms with van der Waals surface area (Å²) in [5.41, 5.74) is 5.41. The molecule has 1 saturated heterocycles. The maximum absolute atomic E-state index is 13.8. The lowest BCUT2D eigenvalue weighted by atomic mass is 9.98. The van der Waals surface area contributed by atoms with E-state index in [1.165, 1.54) is 15.8 Å². The molecule has 0 bridgehead atoms. The second kappa shape index (κ2) is 11.5. The predicted octanol–water partition coefficient (Wildman–Crippen LogP) is 3.17. The van der Waals surface area contributed by atoms with Crippen molar-refractivity contribution in [2.75, 3.05) is 54.9 Å². The molecular formula is C33H38N8O3. The Morgan fingerprint density at radius 2 is 1.77 bits per heavy atom. The number of anilines is 4. The number of hydrogen-bond acceptors (Lipinski definition) is 8. The fourth-order valence-electron chi connectivity index (χ4n) is 6.77. The monoisotopic (exact) mass is 594 g/mol. The number of nitrogens with zero attached hydrogens (tertiary/aromatic N) is 7. The Balaban J connectivity index is 1.20. The fourth-order valence-corrected chi connectivity index (χ4v) is 6.77. The Bertz CT molecular complexity index is 1790. The number of likely N-dealkylation sites (N-methyl/N-ethyl adjacent to an activating group) is 1. The van der Waals surface area contributed by atoms with E-state index in [9.17, 15) is 14.7 Å². The summed E-state index contributed by atoms with van der Waals surface area (Å²) in [6.45, 7) is 4.60. The summed E-state index contributed by atoms with van der Waals surface area (Å²) >= 11 is 0. The first-order valence-corrected chi connectivity index (χ1v) is 15.4. The van der Waals surface area contributed by atoms with Crippen LogP contribution in [0.15, 0.2) is 53.6 Å². The van der Waals surface area contributed by atoms with Crippen molar-refractivity contribution < 1.29 is 9.90 Å². The average Bonchev–Trinajstić information content (AvgIpc) is 3.43. The zero-order valence-corrected chi connectivity index (χ0v) is 25.3. The molecule has 228 valence electrons. The molecule has 11 nitrogen and oxygen atoms in total. The van der Waals surface area contributed by atoms with E-state index in [0.717, 1.165) is 63.2 Å². The number of carbonyl (C=O) groups is 1. The normalized spacial score (nSPS) is 17.0. The number of aliphatic hydroxyl groups excluding tert-OH is 1. The Labute approximate surface area is 256 Å². The number of aromatic nitrogens is 4. The van der Waals surface area contributed by atoms with Gasteiger partial charge in [-0.05, 0) is 74.2 Å². The number of hydrogen-bond donors (Lipinski definition) is 2. The van der Waals surface area contributed by atoms with Gasteiger partial charge in [0.2, 0.25) is 0 Å². The van der Waals surface area contributed by atoms with E-state index >= 15 is 0 Å². The first kappa shape index (κ1) is 28.3. The van der Waals surface area contributed by atoms with Crippen LogP contribution in [0.3, 0.4) is 0 Å². The molecule has 44 heavy (non-hydrogen) atoms. The molecule has 4 aromatic rings. The zero-order valence-electron chi connectivity index (χ0n) is 25.3. The van der Waals surface area contributed by atoms with E-state index in [2.05, 4.69) is 31.7 Å². The van der Waals surface area contributed by atoms with Crippen LogP contribution in [-0.2, 0) is 33.0 Å². The zero-order chi connectivity index (χ0) is 30.4. The molecule has 4 aromatic heterocycles. The molecule has 0 saturated carbocycles. The topological polar surface area (TPSA) is 112 Å². The Morgan fingerprint density at radius 3 is 2.59 bits per heavy atom. The summed E-state index contributed by atoms with van der Waals surface area (Å²) in [5.74, 6) is 1.80. The Kier molecular flexibility index (Phi) is 7.43. The standard InChI is InChI=1S/C33H38N8O3/c1-37-12-14-39(15-13-37)30-9-5-8-29(36-30)35-26-18-23(20-38(2)32(26)43)24-10-11-34-31(25(24)21-42)41-17-16-40-27-7-4-3-6-22(27)19-28(40)33(41)44/h5,8-11,18-20,42H,3-4,6-7,12-17,21H2,1-2H3,(H,35,36). The molecule has 7 rings (SSSR count). The van der Waals surface area contributed by atoms with Gasteiger partial charge in [-0.25, -0.2) is 9.97 Å². The minimum absolute atomic E-state index is 0.0980. The van der Waals surface area contributed by atoms with Gasteiger partial charge < -0.3 is 29.4 Å². The van der Waals surface area contributed by atoms with Crippen molar-refractivity contribution in [2.45, 2.75) is 38.8 Å². The van der Waals surface area contributed by atoms with Crippen LogP contribution < -0.4 is 20.7 Å². The predicted molar refractivity (Wildman–Crippen MR) is 171 cm³/mol. The molecule has 2 N–H and O–H groups in total. The number of rotatable bonds is 6. The molecule has 2 aliphatic heterocycles. The largest absolute Gasteiger partial charge is 0.392 e. The minimum atomic E-state index is -0.306. The maximum Gasteiger partial charge on any atom is 0.276 e. The summed E-state index contributed by atoms with van der Waals surface area (Å²) in [6, 6.07) is 11.4. The van der Waals surface area contributed by atoms with E-state index in [0.29, 0.717) is 47.2 Å². The van der Waals surface area contributed by atoms with Crippen LogP contribution in [0.25, 0.3) is 11.1 Å². The molecule has 0 atom stereocenters. The molecule has 6 heterocycles. The van der Waals surface area contributed by atoms with Crippen molar-refractivity contribution in [2.24, 2.45) is 7.05 Å². The smallest absolute Gasteiger partial charge is 0.276 e. The van der Waals surface area contributed by atoms with Crippen LogP contribution in [0.5, 0.6) is 0 Å². The number of piperazine rings is 1. The fraction of sp³-hybridized carbons (Fsp3) is 0.394. The first-order valence-electron chi connectivity index (χ1n) is 15.4. The summed E-state index contributed by atoms with van der Waals surface area (Å²) in [4.78, 5) is 42.6. The number of nitrogens with one attached hydrogen (secondary N) is 1. The van der Waals surface area contributed by atoms with Crippen molar-refractivity contribution in [3.8, 4) is 11.1 Å². The van der Waals surface area contributed by atoms with E-state index in [1.54, 1.807) is 30.4 Å². The Morgan fingerprint density at radius 1 is 0.955 bits per heavy atom. The number of aryl methyl sites for hydroxylation is 2. The third-order valence-electron chi connectivity index (χ3n) is 9.18. The number of pyridine rings is 3.